The fourth-order valence-corrected chi connectivity index (χ4v) is 4.29. The first kappa shape index (κ1) is 20.6. The van der Waals surface area contributed by atoms with Crippen LogP contribution in [0.15, 0.2) is 54.1 Å². The van der Waals surface area contributed by atoms with Crippen molar-refractivity contribution < 1.29 is 4.79 Å². The van der Waals surface area contributed by atoms with Gasteiger partial charge in [-0.1, -0.05) is 18.2 Å². The Hall–Kier alpha value is -2.15. The maximum atomic E-state index is 13.3. The summed E-state index contributed by atoms with van der Waals surface area (Å²) in [5.41, 5.74) is 2.26. The molecule has 150 valence electrons. The second-order valence-corrected chi connectivity index (χ2v) is 8.28. The van der Waals surface area contributed by atoms with Crippen LogP contribution in [-0.2, 0) is 0 Å². The third-order valence-electron chi connectivity index (χ3n) is 5.19. The lowest BCUT2D eigenvalue weighted by Crippen LogP contribution is -2.54. The fraction of sp³-hybridized carbons (Fsp3) is 0.409. The number of hydrogen-bond acceptors (Lipinski definition) is 5. The van der Waals surface area contributed by atoms with Crippen LogP contribution in [0.2, 0.25) is 0 Å². The van der Waals surface area contributed by atoms with Crippen molar-refractivity contribution in [2.24, 2.45) is 0 Å². The van der Waals surface area contributed by atoms with E-state index in [1.165, 1.54) is 16.9 Å². The molecular formula is C22H30N4OS. The van der Waals surface area contributed by atoms with Crippen LogP contribution in [0.5, 0.6) is 0 Å². The molecule has 2 N–H and O–H groups in total. The van der Waals surface area contributed by atoms with Crippen molar-refractivity contribution >= 4 is 22.9 Å². The summed E-state index contributed by atoms with van der Waals surface area (Å²) in [4.78, 5) is 18.4. The van der Waals surface area contributed by atoms with Gasteiger partial charge in [0.25, 0.3) is 5.91 Å². The number of hydrogen-bond donors (Lipinski definition) is 2. The first-order valence-corrected chi connectivity index (χ1v) is 10.7. The second kappa shape index (κ2) is 9.87. The number of carbonyl (C=O) groups is 1. The molecule has 3 rings (SSSR count). The van der Waals surface area contributed by atoms with E-state index < -0.39 is 0 Å². The molecule has 1 aliphatic rings. The van der Waals surface area contributed by atoms with Gasteiger partial charge in [-0.2, -0.15) is 0 Å². The Morgan fingerprint density at radius 1 is 1.29 bits per heavy atom. The van der Waals surface area contributed by atoms with Crippen molar-refractivity contribution in [3.05, 3.63) is 64.5 Å². The Bertz CT molecular complexity index is 782. The molecule has 1 saturated heterocycles. The summed E-state index contributed by atoms with van der Waals surface area (Å²) in [5, 5.41) is 8.61. The van der Waals surface area contributed by atoms with Gasteiger partial charge in [0, 0.05) is 17.9 Å². The predicted molar refractivity (Wildman–Crippen MR) is 118 cm³/mol. The summed E-state index contributed by atoms with van der Waals surface area (Å²) in [6.45, 7) is 4.11. The molecular weight excluding hydrogens is 368 g/mol. The van der Waals surface area contributed by atoms with Gasteiger partial charge in [-0.25, -0.2) is 0 Å². The Morgan fingerprint density at radius 3 is 2.71 bits per heavy atom. The average molecular weight is 399 g/mol. The molecule has 0 saturated carbocycles. The lowest BCUT2D eigenvalue weighted by molar-refractivity contribution is 0.0490. The molecule has 1 unspecified atom stereocenters. The number of thiophene rings is 1. The summed E-state index contributed by atoms with van der Waals surface area (Å²) in [5.74, 6) is 0.101. The van der Waals surface area contributed by atoms with Gasteiger partial charge in [-0.05, 0) is 82.2 Å². The van der Waals surface area contributed by atoms with Crippen molar-refractivity contribution in [1.82, 2.24) is 15.1 Å². The van der Waals surface area contributed by atoms with Gasteiger partial charge in [-0.3, -0.25) is 10.1 Å². The Kier molecular flexibility index (Phi) is 7.25. The van der Waals surface area contributed by atoms with Crippen LogP contribution < -0.4 is 10.6 Å². The highest BCUT2D eigenvalue weighted by molar-refractivity contribution is 7.12. The topological polar surface area (TPSA) is 47.6 Å². The van der Waals surface area contributed by atoms with E-state index in [2.05, 4.69) is 41.6 Å². The van der Waals surface area contributed by atoms with E-state index in [-0.39, 0.29) is 18.1 Å². The zero-order valence-electron chi connectivity index (χ0n) is 16.9. The van der Waals surface area contributed by atoms with Crippen LogP contribution in [-0.4, -0.2) is 55.1 Å². The van der Waals surface area contributed by atoms with Gasteiger partial charge in [0.05, 0.1) is 4.88 Å². The van der Waals surface area contributed by atoms with Gasteiger partial charge in [0.1, 0.15) is 6.17 Å². The molecule has 1 fully saturated rings. The largest absolute Gasteiger partial charge is 0.362 e. The van der Waals surface area contributed by atoms with E-state index in [4.69, 9.17) is 0 Å². The molecule has 6 heteroatoms. The number of piperidine rings is 1. The number of benzene rings is 1. The van der Waals surface area contributed by atoms with Crippen molar-refractivity contribution in [3.63, 3.8) is 0 Å². The number of amides is 1. The highest BCUT2D eigenvalue weighted by atomic mass is 32.1. The van der Waals surface area contributed by atoms with E-state index >= 15 is 0 Å². The summed E-state index contributed by atoms with van der Waals surface area (Å²) in [7, 11) is 4.05. The van der Waals surface area contributed by atoms with Crippen molar-refractivity contribution in [2.45, 2.75) is 32.0 Å². The molecule has 1 aliphatic heterocycles. The van der Waals surface area contributed by atoms with Gasteiger partial charge < -0.3 is 15.1 Å². The minimum atomic E-state index is -0.166. The summed E-state index contributed by atoms with van der Waals surface area (Å²) < 4.78 is 0. The van der Waals surface area contributed by atoms with Crippen molar-refractivity contribution in [2.75, 3.05) is 32.5 Å². The molecule has 1 amide bonds. The van der Waals surface area contributed by atoms with Gasteiger partial charge in [0.15, 0.2) is 0 Å². The number of anilines is 1. The average Bonchev–Trinajstić information content (AvgIpc) is 3.23. The minimum Gasteiger partial charge on any atom is -0.362 e. The molecule has 2 aromatic rings. The van der Waals surface area contributed by atoms with Crippen LogP contribution in [0.4, 0.5) is 5.69 Å². The Labute approximate surface area is 172 Å². The van der Waals surface area contributed by atoms with Crippen LogP contribution in [0.1, 0.15) is 28.1 Å². The number of likely N-dealkylation sites (tertiary alicyclic amines) is 1. The van der Waals surface area contributed by atoms with Gasteiger partial charge in [0.2, 0.25) is 0 Å². The molecule has 0 aliphatic carbocycles. The maximum Gasteiger partial charge on any atom is 0.265 e. The van der Waals surface area contributed by atoms with Crippen molar-refractivity contribution in [3.8, 4) is 0 Å². The lowest BCUT2D eigenvalue weighted by atomic mass is 10.0. The molecule has 28 heavy (non-hydrogen) atoms. The Balaban J connectivity index is 1.77. The zero-order valence-corrected chi connectivity index (χ0v) is 17.7. The summed E-state index contributed by atoms with van der Waals surface area (Å²) >= 11 is 1.50. The summed E-state index contributed by atoms with van der Waals surface area (Å²) in [6.07, 6.45) is 5.78. The number of carbonyl (C=O) groups excluding carboxylic acids is 1. The normalized spacial score (nSPS) is 17.0. The SMILES string of the molecule is CNC(/C=C\Nc1cccc(C)c1)N(C(=O)c1cccs1)C1CCN(C)CC1. The molecule has 0 spiro atoms. The van der Waals surface area contributed by atoms with Gasteiger partial charge >= 0.3 is 0 Å². The Morgan fingerprint density at radius 2 is 2.07 bits per heavy atom. The molecule has 2 heterocycles. The first-order chi connectivity index (χ1) is 13.6. The monoisotopic (exact) mass is 398 g/mol. The van der Waals surface area contributed by atoms with Crippen LogP contribution in [0.25, 0.3) is 0 Å². The number of nitrogens with one attached hydrogen (secondary N) is 2. The van der Waals surface area contributed by atoms with E-state index in [0.717, 1.165) is 36.5 Å². The van der Waals surface area contributed by atoms with E-state index in [9.17, 15) is 4.79 Å². The quantitative estimate of drug-likeness (QED) is 0.697. The number of likely N-dealkylation sites (N-methyl/N-ethyl adjacent to an activating group) is 1. The van der Waals surface area contributed by atoms with Crippen LogP contribution in [0, 0.1) is 6.92 Å². The van der Waals surface area contributed by atoms with Crippen LogP contribution in [0.3, 0.4) is 0 Å². The second-order valence-electron chi connectivity index (χ2n) is 7.33. The highest BCUT2D eigenvalue weighted by Gasteiger charge is 2.32. The smallest absolute Gasteiger partial charge is 0.265 e. The molecule has 1 atom stereocenters. The molecule has 5 nitrogen and oxygen atoms in total. The minimum absolute atomic E-state index is 0.101. The third kappa shape index (κ3) is 5.22. The number of rotatable bonds is 7. The molecule has 0 radical (unpaired) electrons. The fourth-order valence-electron chi connectivity index (χ4n) is 3.62. The predicted octanol–water partition coefficient (Wildman–Crippen LogP) is 3.76. The number of nitrogens with zero attached hydrogens (tertiary/aromatic N) is 2. The zero-order chi connectivity index (χ0) is 19.9. The lowest BCUT2D eigenvalue weighted by Gasteiger charge is -2.40. The van der Waals surface area contributed by atoms with Crippen molar-refractivity contribution in [1.29, 1.82) is 0 Å². The summed E-state index contributed by atoms with van der Waals surface area (Å²) in [6, 6.07) is 12.3. The number of aryl methyl sites for hydroxylation is 1. The van der Waals surface area contributed by atoms with E-state index in [1.54, 1.807) is 0 Å². The third-order valence-corrected chi connectivity index (χ3v) is 6.05. The first-order valence-electron chi connectivity index (χ1n) is 9.80. The van der Waals surface area contributed by atoms with E-state index in [1.807, 2.05) is 53.9 Å². The molecule has 0 bridgehead atoms. The van der Waals surface area contributed by atoms with Crippen LogP contribution >= 0.6 is 11.3 Å². The molecule has 1 aromatic heterocycles. The van der Waals surface area contributed by atoms with Gasteiger partial charge in [-0.15, -0.1) is 11.3 Å². The standard InChI is InChI=1S/C22H30N4OS/c1-17-6-4-7-18(16-17)24-12-9-21(23-2)26(19-10-13-25(3)14-11-19)22(27)20-8-5-15-28-20/h4-9,12,15-16,19,21,23-24H,10-11,13-14H2,1-3H3/b12-9-. The molecule has 1 aromatic carbocycles. The highest BCUT2D eigenvalue weighted by Crippen LogP contribution is 2.23. The van der Waals surface area contributed by atoms with E-state index in [0.29, 0.717) is 0 Å². The maximum absolute atomic E-state index is 13.3.